The molecule has 3 aromatic carbocycles. The van der Waals surface area contributed by atoms with Gasteiger partial charge in [0.1, 0.15) is 0 Å². The Balaban J connectivity index is 0.000000278. The van der Waals surface area contributed by atoms with Gasteiger partial charge in [0.15, 0.2) is 9.84 Å². The van der Waals surface area contributed by atoms with E-state index in [1.807, 2.05) is 37.3 Å². The van der Waals surface area contributed by atoms with Crippen molar-refractivity contribution in [3.8, 4) is 0 Å². The number of hydrogen-bond donors (Lipinski definition) is 2. The van der Waals surface area contributed by atoms with Gasteiger partial charge in [-0.1, -0.05) is 72.3 Å². The molecule has 32 heavy (non-hydrogen) atoms. The number of benzene rings is 3. The summed E-state index contributed by atoms with van der Waals surface area (Å²) in [5.41, 5.74) is 8.11. The second kappa shape index (κ2) is 11.7. The molecule has 0 radical (unpaired) electrons. The third kappa shape index (κ3) is 8.76. The van der Waals surface area contributed by atoms with E-state index in [-0.39, 0.29) is 15.8 Å². The van der Waals surface area contributed by atoms with E-state index in [1.165, 1.54) is 23.1 Å². The number of nitrogens with two attached hydrogens (primary N) is 1. The molecule has 0 bridgehead atoms. The van der Waals surface area contributed by atoms with Gasteiger partial charge in [0, 0.05) is 11.4 Å². The van der Waals surface area contributed by atoms with E-state index in [2.05, 4.69) is 0 Å². The third-order valence-electron chi connectivity index (χ3n) is 4.50. The van der Waals surface area contributed by atoms with E-state index in [0.29, 0.717) is 6.42 Å². The van der Waals surface area contributed by atoms with Crippen molar-refractivity contribution in [3.63, 3.8) is 0 Å². The smallest absolute Gasteiger partial charge is 0.294 e. The Morgan fingerprint density at radius 2 is 1.34 bits per heavy atom. The Bertz CT molecular complexity index is 1210. The van der Waals surface area contributed by atoms with Gasteiger partial charge in [-0.3, -0.25) is 4.55 Å². The molecular formula is C24H27NO5S2. The third-order valence-corrected chi connectivity index (χ3v) is 6.82. The van der Waals surface area contributed by atoms with Crippen LogP contribution in [0.15, 0.2) is 106 Å². The van der Waals surface area contributed by atoms with Crippen LogP contribution in [-0.2, 0) is 26.4 Å². The van der Waals surface area contributed by atoms with Gasteiger partial charge in [-0.25, -0.2) is 8.42 Å². The number of sulfone groups is 1. The summed E-state index contributed by atoms with van der Waals surface area (Å²) in [6.45, 7) is 1.84. The average Bonchev–Trinajstić information content (AvgIpc) is 2.78. The van der Waals surface area contributed by atoms with E-state index >= 15 is 0 Å². The molecule has 0 aliphatic heterocycles. The van der Waals surface area contributed by atoms with Crippen LogP contribution in [0.5, 0.6) is 0 Å². The van der Waals surface area contributed by atoms with Gasteiger partial charge in [0.2, 0.25) is 0 Å². The van der Waals surface area contributed by atoms with Crippen molar-refractivity contribution >= 4 is 20.0 Å². The van der Waals surface area contributed by atoms with Crippen LogP contribution in [0.4, 0.5) is 0 Å². The number of hydrogen-bond acceptors (Lipinski definition) is 5. The molecule has 3 N–H and O–H groups in total. The first kappa shape index (κ1) is 25.5. The van der Waals surface area contributed by atoms with Gasteiger partial charge in [-0.2, -0.15) is 8.42 Å². The van der Waals surface area contributed by atoms with Crippen LogP contribution in [0, 0.1) is 6.92 Å². The molecule has 0 unspecified atom stereocenters. The summed E-state index contributed by atoms with van der Waals surface area (Å²) >= 11 is 0. The molecule has 6 nitrogen and oxygen atoms in total. The zero-order valence-electron chi connectivity index (χ0n) is 17.7. The first-order valence-electron chi connectivity index (χ1n) is 9.90. The lowest BCUT2D eigenvalue weighted by molar-refractivity contribution is 0.483. The predicted octanol–water partition coefficient (Wildman–Crippen LogP) is 4.18. The van der Waals surface area contributed by atoms with Crippen molar-refractivity contribution in [2.45, 2.75) is 35.6 Å². The summed E-state index contributed by atoms with van der Waals surface area (Å²) in [4.78, 5) is 0.222. The lowest BCUT2D eigenvalue weighted by Gasteiger charge is -2.06. The van der Waals surface area contributed by atoms with Crippen molar-refractivity contribution in [3.05, 3.63) is 108 Å². The highest BCUT2D eigenvalue weighted by Gasteiger charge is 2.10. The van der Waals surface area contributed by atoms with Gasteiger partial charge in [-0.05, 0) is 49.6 Å². The quantitative estimate of drug-likeness (QED) is 0.498. The molecule has 170 valence electrons. The molecule has 8 heteroatoms. The predicted molar refractivity (Wildman–Crippen MR) is 126 cm³/mol. The molecule has 0 aromatic heterocycles. The van der Waals surface area contributed by atoms with E-state index < -0.39 is 20.0 Å². The zero-order chi connectivity index (χ0) is 23.6. The van der Waals surface area contributed by atoms with Gasteiger partial charge in [0.25, 0.3) is 10.1 Å². The molecule has 0 amide bonds. The minimum absolute atomic E-state index is 0.0666. The van der Waals surface area contributed by atoms with Gasteiger partial charge < -0.3 is 5.73 Å². The van der Waals surface area contributed by atoms with Crippen LogP contribution in [-0.4, -0.2) is 27.4 Å². The van der Waals surface area contributed by atoms with Crippen molar-refractivity contribution in [1.82, 2.24) is 0 Å². The van der Waals surface area contributed by atoms with Crippen LogP contribution in [0.2, 0.25) is 0 Å². The maximum absolute atomic E-state index is 12.1. The van der Waals surface area contributed by atoms with Gasteiger partial charge >= 0.3 is 0 Å². The standard InChI is InChI=1S/C17H19NO2S.C7H8O3S/c18-16(12-11-15-7-3-1-4-8-15)13-14-21(19,20)17-9-5-2-6-10-17;1-6-2-4-7(5-3-6)11(8,9)10/h1-10,13-14,16H,11-12,18H2;2-5H,1H3,(H,8,9,10)/t16-;/m0./s1. The van der Waals surface area contributed by atoms with Crippen LogP contribution in [0.1, 0.15) is 17.5 Å². The summed E-state index contributed by atoms with van der Waals surface area (Å²) in [6.07, 6.45) is 3.10. The maximum Gasteiger partial charge on any atom is 0.294 e. The second-order valence-electron chi connectivity index (χ2n) is 7.16. The zero-order valence-corrected chi connectivity index (χ0v) is 19.3. The lowest BCUT2D eigenvalue weighted by atomic mass is 10.1. The fraction of sp³-hybridized carbons (Fsp3) is 0.167. The summed E-state index contributed by atoms with van der Waals surface area (Å²) in [5.74, 6) is 0. The first-order chi connectivity index (χ1) is 15.1. The lowest BCUT2D eigenvalue weighted by Crippen LogP contribution is -2.18. The fourth-order valence-electron chi connectivity index (χ4n) is 2.68. The Kier molecular flexibility index (Phi) is 9.34. The summed E-state index contributed by atoms with van der Waals surface area (Å²) in [6, 6.07) is 24.1. The Hall–Kier alpha value is -2.78. The van der Waals surface area contributed by atoms with Crippen LogP contribution < -0.4 is 5.73 Å². The highest BCUT2D eigenvalue weighted by Crippen LogP contribution is 2.12. The highest BCUT2D eigenvalue weighted by molar-refractivity contribution is 7.94. The average molecular weight is 474 g/mol. The Labute approximate surface area is 190 Å². The molecule has 0 aliphatic carbocycles. The maximum atomic E-state index is 12.1. The van der Waals surface area contributed by atoms with E-state index in [0.717, 1.165) is 12.0 Å². The molecule has 0 fully saturated rings. The second-order valence-corrected chi connectivity index (χ2v) is 10.4. The van der Waals surface area contributed by atoms with Crippen molar-refractivity contribution in [1.29, 1.82) is 0 Å². The van der Waals surface area contributed by atoms with Crippen molar-refractivity contribution in [2.75, 3.05) is 0 Å². The fourth-order valence-corrected chi connectivity index (χ4v) is 4.26. The molecule has 0 saturated heterocycles. The number of rotatable bonds is 7. The van der Waals surface area contributed by atoms with Crippen molar-refractivity contribution in [2.24, 2.45) is 5.73 Å². The largest absolute Gasteiger partial charge is 0.324 e. The minimum atomic E-state index is -4.02. The molecule has 1 atom stereocenters. The molecule has 0 spiro atoms. The molecule has 0 aliphatic rings. The summed E-state index contributed by atoms with van der Waals surface area (Å²) in [7, 11) is -7.42. The topological polar surface area (TPSA) is 115 Å². The van der Waals surface area contributed by atoms with Crippen molar-refractivity contribution < 1.29 is 21.4 Å². The molecule has 3 rings (SSSR count). The SMILES string of the molecule is Cc1ccc(S(=O)(=O)O)cc1.N[C@H](C=CS(=O)(=O)c1ccccc1)CCc1ccccc1. The summed E-state index contributed by atoms with van der Waals surface area (Å²) < 4.78 is 53.7. The van der Waals surface area contributed by atoms with Crippen LogP contribution >= 0.6 is 0 Å². The highest BCUT2D eigenvalue weighted by atomic mass is 32.2. The van der Waals surface area contributed by atoms with E-state index in [4.69, 9.17) is 10.3 Å². The Morgan fingerprint density at radius 1 is 0.812 bits per heavy atom. The summed E-state index contributed by atoms with van der Waals surface area (Å²) in [5, 5.41) is 1.21. The Morgan fingerprint density at radius 3 is 1.88 bits per heavy atom. The first-order valence-corrected chi connectivity index (χ1v) is 12.9. The molecule has 0 heterocycles. The monoisotopic (exact) mass is 473 g/mol. The molecule has 3 aromatic rings. The van der Waals surface area contributed by atoms with Crippen LogP contribution in [0.25, 0.3) is 0 Å². The molecule has 0 saturated carbocycles. The van der Waals surface area contributed by atoms with Gasteiger partial charge in [0.05, 0.1) is 9.79 Å². The number of aryl methyl sites for hydroxylation is 2. The van der Waals surface area contributed by atoms with E-state index in [1.54, 1.807) is 48.5 Å². The normalized spacial score (nSPS) is 12.7. The minimum Gasteiger partial charge on any atom is -0.324 e. The van der Waals surface area contributed by atoms with Crippen LogP contribution in [0.3, 0.4) is 0 Å². The molecular weight excluding hydrogens is 446 g/mol. The van der Waals surface area contributed by atoms with Gasteiger partial charge in [-0.15, -0.1) is 0 Å². The van der Waals surface area contributed by atoms with E-state index in [9.17, 15) is 16.8 Å².